The number of benzene rings is 3. The van der Waals surface area contributed by atoms with Crippen molar-refractivity contribution in [2.24, 2.45) is 0 Å². The number of ether oxygens (including phenoxy) is 1. The van der Waals surface area contributed by atoms with Crippen molar-refractivity contribution in [1.82, 2.24) is 10.2 Å². The molecule has 1 aliphatic rings. The average Bonchev–Trinajstić information content (AvgIpc) is 2.94. The number of carbonyl (C=O) groups is 2. The third-order valence-electron chi connectivity index (χ3n) is 7.26. The third kappa shape index (κ3) is 8.23. The molecule has 1 N–H and O–H groups in total. The first kappa shape index (κ1) is 29.0. The lowest BCUT2D eigenvalue weighted by Crippen LogP contribution is -2.53. The van der Waals surface area contributed by atoms with E-state index in [1.165, 1.54) is 6.42 Å². The fourth-order valence-corrected chi connectivity index (χ4v) is 5.34. The number of hydrogen-bond donors (Lipinski definition) is 1. The summed E-state index contributed by atoms with van der Waals surface area (Å²) in [6.07, 6.45) is 5.74. The van der Waals surface area contributed by atoms with E-state index < -0.39 is 6.04 Å². The van der Waals surface area contributed by atoms with E-state index in [-0.39, 0.29) is 31.0 Å². The molecule has 3 aromatic rings. The van der Waals surface area contributed by atoms with E-state index in [0.717, 1.165) is 47.9 Å². The molecule has 5 nitrogen and oxygen atoms in total. The van der Waals surface area contributed by atoms with Gasteiger partial charge >= 0.3 is 0 Å². The molecule has 0 bridgehead atoms. The number of nitrogens with zero attached hydrogens (tertiary/aromatic N) is 1. The zero-order valence-corrected chi connectivity index (χ0v) is 24.1. The Morgan fingerprint density at radius 2 is 1.56 bits per heavy atom. The van der Waals surface area contributed by atoms with Crippen LogP contribution in [0, 0.1) is 13.8 Å². The second-order valence-electron chi connectivity index (χ2n) is 10.4. The molecule has 7 heteroatoms. The maximum Gasteiger partial charge on any atom is 0.261 e. The number of aryl methyl sites for hydroxylation is 2. The Labute approximate surface area is 241 Å². The molecule has 0 aromatic heterocycles. The van der Waals surface area contributed by atoms with Crippen molar-refractivity contribution in [3.63, 3.8) is 0 Å². The van der Waals surface area contributed by atoms with Gasteiger partial charge < -0.3 is 15.0 Å². The van der Waals surface area contributed by atoms with Crippen LogP contribution in [-0.4, -0.2) is 35.4 Å². The van der Waals surface area contributed by atoms with Gasteiger partial charge in [-0.15, -0.1) is 0 Å². The first-order valence-electron chi connectivity index (χ1n) is 13.6. The number of amides is 2. The van der Waals surface area contributed by atoms with Gasteiger partial charge in [0.1, 0.15) is 11.8 Å². The minimum atomic E-state index is -0.699. The molecule has 0 saturated heterocycles. The van der Waals surface area contributed by atoms with Crippen LogP contribution >= 0.6 is 23.2 Å². The standard InChI is InChI=1S/C32H36Cl2N2O3/c1-22-17-28(18-23(2)31(22)34)39-21-30(37)36(20-25-13-15-26(33)16-14-25)29(19-24-9-5-3-6-10-24)32(38)35-27-11-7-4-8-12-27/h3,5-6,9-10,13-18,27,29H,4,7-8,11-12,19-21H2,1-2H3,(H,35,38). The maximum absolute atomic E-state index is 13.8. The van der Waals surface area contributed by atoms with Crippen LogP contribution in [0.2, 0.25) is 10.0 Å². The highest BCUT2D eigenvalue weighted by atomic mass is 35.5. The Morgan fingerprint density at radius 3 is 2.21 bits per heavy atom. The molecule has 3 aromatic carbocycles. The van der Waals surface area contributed by atoms with Gasteiger partial charge in [0.25, 0.3) is 5.91 Å². The molecule has 0 aliphatic heterocycles. The van der Waals surface area contributed by atoms with Crippen LogP contribution in [0.1, 0.15) is 54.4 Å². The summed E-state index contributed by atoms with van der Waals surface area (Å²) < 4.78 is 5.95. The number of halogens is 2. The smallest absolute Gasteiger partial charge is 0.261 e. The summed E-state index contributed by atoms with van der Waals surface area (Å²) in [6.45, 7) is 3.87. The van der Waals surface area contributed by atoms with Gasteiger partial charge in [0.15, 0.2) is 6.61 Å². The molecule has 1 fully saturated rings. The van der Waals surface area contributed by atoms with Crippen LogP contribution < -0.4 is 10.1 Å². The van der Waals surface area contributed by atoms with Gasteiger partial charge in [-0.1, -0.05) is 84.9 Å². The Morgan fingerprint density at radius 1 is 0.923 bits per heavy atom. The molecule has 1 saturated carbocycles. The predicted molar refractivity (Wildman–Crippen MR) is 157 cm³/mol. The average molecular weight is 568 g/mol. The number of nitrogens with one attached hydrogen (secondary N) is 1. The van der Waals surface area contributed by atoms with E-state index in [9.17, 15) is 9.59 Å². The van der Waals surface area contributed by atoms with E-state index in [1.807, 2.05) is 68.4 Å². The van der Waals surface area contributed by atoms with Gasteiger partial charge in [-0.05, 0) is 73.2 Å². The Hall–Kier alpha value is -3.02. The Bertz CT molecular complexity index is 1240. The van der Waals surface area contributed by atoms with E-state index in [0.29, 0.717) is 22.2 Å². The van der Waals surface area contributed by atoms with Gasteiger partial charge in [-0.2, -0.15) is 0 Å². The van der Waals surface area contributed by atoms with Crippen LogP contribution in [-0.2, 0) is 22.6 Å². The van der Waals surface area contributed by atoms with Crippen molar-refractivity contribution in [3.05, 3.63) is 99.0 Å². The highest BCUT2D eigenvalue weighted by molar-refractivity contribution is 6.32. The number of hydrogen-bond acceptors (Lipinski definition) is 3. The molecule has 0 spiro atoms. The van der Waals surface area contributed by atoms with Crippen LogP contribution in [0.4, 0.5) is 0 Å². The van der Waals surface area contributed by atoms with Gasteiger partial charge in [0.05, 0.1) is 0 Å². The lowest BCUT2D eigenvalue weighted by molar-refractivity contribution is -0.143. The van der Waals surface area contributed by atoms with Gasteiger partial charge in [-0.25, -0.2) is 0 Å². The predicted octanol–water partition coefficient (Wildman–Crippen LogP) is 7.08. The maximum atomic E-state index is 13.8. The van der Waals surface area contributed by atoms with Crippen molar-refractivity contribution in [2.45, 2.75) is 71.0 Å². The van der Waals surface area contributed by atoms with Crippen molar-refractivity contribution < 1.29 is 14.3 Å². The van der Waals surface area contributed by atoms with Crippen molar-refractivity contribution in [1.29, 1.82) is 0 Å². The topological polar surface area (TPSA) is 58.6 Å². The second kappa shape index (κ2) is 13.9. The fraction of sp³-hybridized carbons (Fsp3) is 0.375. The number of rotatable bonds is 10. The fourth-order valence-electron chi connectivity index (χ4n) is 5.10. The quantitative estimate of drug-likeness (QED) is 0.285. The molecular weight excluding hydrogens is 531 g/mol. The summed E-state index contributed by atoms with van der Waals surface area (Å²) >= 11 is 12.4. The molecule has 1 unspecified atom stereocenters. The van der Waals surface area contributed by atoms with Gasteiger partial charge in [0.2, 0.25) is 5.91 Å². The Kier molecular flexibility index (Phi) is 10.3. The van der Waals surface area contributed by atoms with Crippen molar-refractivity contribution in [2.75, 3.05) is 6.61 Å². The SMILES string of the molecule is Cc1cc(OCC(=O)N(Cc2ccc(Cl)cc2)C(Cc2ccccc2)C(=O)NC2CCCCC2)cc(C)c1Cl. The van der Waals surface area contributed by atoms with Crippen LogP contribution in [0.3, 0.4) is 0 Å². The van der Waals surface area contributed by atoms with Crippen molar-refractivity contribution in [3.8, 4) is 5.75 Å². The largest absolute Gasteiger partial charge is 0.484 e. The Balaban J connectivity index is 1.61. The molecule has 0 radical (unpaired) electrons. The molecule has 0 heterocycles. The summed E-state index contributed by atoms with van der Waals surface area (Å²) in [5.74, 6) is 0.168. The van der Waals surface area contributed by atoms with E-state index in [2.05, 4.69) is 5.32 Å². The van der Waals surface area contributed by atoms with E-state index >= 15 is 0 Å². The van der Waals surface area contributed by atoms with E-state index in [4.69, 9.17) is 27.9 Å². The molecule has 1 aliphatic carbocycles. The normalized spacial score (nSPS) is 14.5. The van der Waals surface area contributed by atoms with Gasteiger partial charge in [0, 0.05) is 29.1 Å². The molecule has 4 rings (SSSR count). The molecule has 2 amide bonds. The minimum Gasteiger partial charge on any atom is -0.484 e. The lowest BCUT2D eigenvalue weighted by Gasteiger charge is -2.33. The van der Waals surface area contributed by atoms with Crippen LogP contribution in [0.5, 0.6) is 5.75 Å². The first-order valence-corrected chi connectivity index (χ1v) is 14.3. The first-order chi connectivity index (χ1) is 18.8. The highest BCUT2D eigenvalue weighted by Crippen LogP contribution is 2.26. The second-order valence-corrected chi connectivity index (χ2v) is 11.2. The highest BCUT2D eigenvalue weighted by Gasteiger charge is 2.32. The summed E-state index contributed by atoms with van der Waals surface area (Å²) in [7, 11) is 0. The van der Waals surface area contributed by atoms with Crippen LogP contribution in [0.15, 0.2) is 66.7 Å². The summed E-state index contributed by atoms with van der Waals surface area (Å²) in [6, 6.07) is 20.3. The molecule has 206 valence electrons. The third-order valence-corrected chi connectivity index (χ3v) is 8.11. The summed E-state index contributed by atoms with van der Waals surface area (Å²) in [5.41, 5.74) is 3.63. The zero-order chi connectivity index (χ0) is 27.8. The summed E-state index contributed by atoms with van der Waals surface area (Å²) in [4.78, 5) is 29.3. The van der Waals surface area contributed by atoms with Crippen LogP contribution in [0.25, 0.3) is 0 Å². The minimum absolute atomic E-state index is 0.133. The summed E-state index contributed by atoms with van der Waals surface area (Å²) in [5, 5.41) is 4.55. The molecular formula is C32H36Cl2N2O3. The van der Waals surface area contributed by atoms with E-state index in [1.54, 1.807) is 17.0 Å². The monoisotopic (exact) mass is 566 g/mol. The lowest BCUT2D eigenvalue weighted by atomic mass is 9.94. The number of carbonyl (C=O) groups excluding carboxylic acids is 2. The molecule has 1 atom stereocenters. The molecule has 39 heavy (non-hydrogen) atoms. The van der Waals surface area contributed by atoms with Gasteiger partial charge in [-0.3, -0.25) is 9.59 Å². The van der Waals surface area contributed by atoms with Crippen molar-refractivity contribution >= 4 is 35.0 Å². The zero-order valence-electron chi connectivity index (χ0n) is 22.6.